The molecule has 0 spiro atoms. The van der Waals surface area contributed by atoms with Crippen molar-refractivity contribution >= 4 is 0 Å². The van der Waals surface area contributed by atoms with Gasteiger partial charge in [-0.2, -0.15) is 0 Å². The molecular weight excluding hydrogens is 184 g/mol. The second-order valence-corrected chi connectivity index (χ2v) is 5.72. The van der Waals surface area contributed by atoms with Crippen molar-refractivity contribution in [3.05, 3.63) is 0 Å². The van der Waals surface area contributed by atoms with Gasteiger partial charge < -0.3 is 10.6 Å². The van der Waals surface area contributed by atoms with Crippen molar-refractivity contribution in [2.75, 3.05) is 6.54 Å². The maximum atomic E-state index is 3.96. The molecule has 0 amide bonds. The Morgan fingerprint density at radius 2 is 1.33 bits per heavy atom. The average Bonchev–Trinajstić information content (AvgIpc) is 2.48. The van der Waals surface area contributed by atoms with Gasteiger partial charge in [0.25, 0.3) is 0 Å². The third-order valence-electron chi connectivity index (χ3n) is 4.75. The second kappa shape index (κ2) is 4.42. The molecule has 3 fully saturated rings. The fourth-order valence-electron chi connectivity index (χ4n) is 3.82. The van der Waals surface area contributed by atoms with E-state index in [4.69, 9.17) is 0 Å². The van der Waals surface area contributed by atoms with Crippen molar-refractivity contribution in [3.63, 3.8) is 0 Å². The Kier molecular flexibility index (Phi) is 2.98. The largest absolute Gasteiger partial charge is 0.312 e. The number of rotatable bonds is 0. The Labute approximate surface area is 93.2 Å². The van der Waals surface area contributed by atoms with Gasteiger partial charge in [0.2, 0.25) is 0 Å². The van der Waals surface area contributed by atoms with Gasteiger partial charge in [-0.05, 0) is 38.1 Å². The lowest BCUT2D eigenvalue weighted by Crippen LogP contribution is -2.46. The molecule has 3 aliphatic rings. The van der Waals surface area contributed by atoms with Crippen molar-refractivity contribution in [1.29, 1.82) is 0 Å². The van der Waals surface area contributed by atoms with Gasteiger partial charge in [0.15, 0.2) is 0 Å². The molecule has 3 saturated heterocycles. The molecule has 4 atom stereocenters. The van der Waals surface area contributed by atoms with Gasteiger partial charge in [-0.25, -0.2) is 0 Å². The molecule has 0 aromatic carbocycles. The minimum Gasteiger partial charge on any atom is -0.312 e. The molecule has 3 heterocycles. The van der Waals surface area contributed by atoms with Crippen LogP contribution in [0.15, 0.2) is 0 Å². The maximum absolute atomic E-state index is 3.96. The van der Waals surface area contributed by atoms with E-state index in [0.29, 0.717) is 0 Å². The number of fused-ring (bicyclic) bond motifs is 7. The molecule has 86 valence electrons. The van der Waals surface area contributed by atoms with Gasteiger partial charge in [-0.3, -0.25) is 0 Å². The Hall–Kier alpha value is -0.0800. The summed E-state index contributed by atoms with van der Waals surface area (Å²) in [6.07, 6.45) is 11.5. The quantitative estimate of drug-likeness (QED) is 0.636. The van der Waals surface area contributed by atoms with E-state index in [1.807, 2.05) is 0 Å². The van der Waals surface area contributed by atoms with Crippen LogP contribution in [0.1, 0.15) is 51.4 Å². The Bertz CT molecular complexity index is 195. The van der Waals surface area contributed by atoms with Crippen molar-refractivity contribution in [2.45, 2.75) is 69.5 Å². The maximum Gasteiger partial charge on any atom is 0.0223 e. The molecule has 2 N–H and O–H groups in total. The molecule has 0 aromatic heterocycles. The lowest BCUT2D eigenvalue weighted by atomic mass is 9.88. The van der Waals surface area contributed by atoms with E-state index >= 15 is 0 Å². The van der Waals surface area contributed by atoms with Crippen LogP contribution in [0, 0.1) is 5.92 Å². The molecule has 3 aliphatic heterocycles. The van der Waals surface area contributed by atoms with Crippen LogP contribution in [0.5, 0.6) is 0 Å². The zero-order chi connectivity index (χ0) is 10.1. The SMILES string of the molecule is C1CCC2NCC(C1)C1CCCCC2N1. The van der Waals surface area contributed by atoms with Crippen LogP contribution in [-0.4, -0.2) is 24.7 Å². The Morgan fingerprint density at radius 1 is 0.667 bits per heavy atom. The van der Waals surface area contributed by atoms with Crippen LogP contribution in [0.4, 0.5) is 0 Å². The first-order valence-electron chi connectivity index (χ1n) is 6.93. The molecule has 15 heavy (non-hydrogen) atoms. The Morgan fingerprint density at radius 3 is 2.20 bits per heavy atom. The summed E-state index contributed by atoms with van der Waals surface area (Å²) >= 11 is 0. The monoisotopic (exact) mass is 208 g/mol. The fourth-order valence-corrected chi connectivity index (χ4v) is 3.82. The van der Waals surface area contributed by atoms with E-state index in [1.165, 1.54) is 57.9 Å². The predicted octanol–water partition coefficient (Wildman–Crippen LogP) is 2.05. The summed E-state index contributed by atoms with van der Waals surface area (Å²) in [5.74, 6) is 0.913. The summed E-state index contributed by atoms with van der Waals surface area (Å²) in [7, 11) is 0. The summed E-state index contributed by atoms with van der Waals surface area (Å²) in [5.41, 5.74) is 0. The average molecular weight is 208 g/mol. The number of hydrogen-bond donors (Lipinski definition) is 2. The highest BCUT2D eigenvalue weighted by Crippen LogP contribution is 2.29. The van der Waals surface area contributed by atoms with Gasteiger partial charge in [-0.1, -0.05) is 25.7 Å². The van der Waals surface area contributed by atoms with Gasteiger partial charge >= 0.3 is 0 Å². The Balaban J connectivity index is 1.83. The highest BCUT2D eigenvalue weighted by molar-refractivity contribution is 4.95. The zero-order valence-electron chi connectivity index (χ0n) is 9.67. The highest BCUT2D eigenvalue weighted by atomic mass is 15.1. The lowest BCUT2D eigenvalue weighted by molar-refractivity contribution is 0.318. The minimum absolute atomic E-state index is 0.774. The van der Waals surface area contributed by atoms with E-state index < -0.39 is 0 Å². The van der Waals surface area contributed by atoms with Crippen LogP contribution in [-0.2, 0) is 0 Å². The van der Waals surface area contributed by atoms with Gasteiger partial charge in [0.1, 0.15) is 0 Å². The normalized spacial score (nSPS) is 46.4. The number of hydrogen-bond acceptors (Lipinski definition) is 2. The number of nitrogens with one attached hydrogen (secondary N) is 2. The molecular formula is C13H24N2. The second-order valence-electron chi connectivity index (χ2n) is 5.72. The third kappa shape index (κ3) is 2.07. The first-order valence-corrected chi connectivity index (χ1v) is 6.93. The summed E-state index contributed by atoms with van der Waals surface area (Å²) in [6, 6.07) is 2.38. The molecule has 0 aliphatic carbocycles. The molecule has 0 aromatic rings. The van der Waals surface area contributed by atoms with Gasteiger partial charge in [0, 0.05) is 18.1 Å². The zero-order valence-corrected chi connectivity index (χ0v) is 9.67. The van der Waals surface area contributed by atoms with Crippen LogP contribution in [0.3, 0.4) is 0 Å². The van der Waals surface area contributed by atoms with Crippen LogP contribution < -0.4 is 10.6 Å². The van der Waals surface area contributed by atoms with Crippen molar-refractivity contribution < 1.29 is 0 Å². The first-order chi connectivity index (χ1) is 7.43. The molecule has 3 rings (SSSR count). The summed E-state index contributed by atoms with van der Waals surface area (Å²) < 4.78 is 0. The van der Waals surface area contributed by atoms with Gasteiger partial charge in [-0.15, -0.1) is 0 Å². The van der Waals surface area contributed by atoms with Crippen LogP contribution in [0.25, 0.3) is 0 Å². The predicted molar refractivity (Wildman–Crippen MR) is 62.9 cm³/mol. The van der Waals surface area contributed by atoms with Crippen molar-refractivity contribution in [1.82, 2.24) is 10.6 Å². The van der Waals surface area contributed by atoms with Crippen LogP contribution >= 0.6 is 0 Å². The van der Waals surface area contributed by atoms with Crippen molar-refractivity contribution in [2.24, 2.45) is 5.92 Å². The molecule has 0 radical (unpaired) electrons. The van der Waals surface area contributed by atoms with E-state index in [9.17, 15) is 0 Å². The van der Waals surface area contributed by atoms with Gasteiger partial charge in [0.05, 0.1) is 0 Å². The topological polar surface area (TPSA) is 24.1 Å². The van der Waals surface area contributed by atoms with E-state index in [-0.39, 0.29) is 0 Å². The summed E-state index contributed by atoms with van der Waals surface area (Å²) in [6.45, 7) is 1.28. The molecule has 4 bridgehead atoms. The highest BCUT2D eigenvalue weighted by Gasteiger charge is 2.34. The molecule has 2 nitrogen and oxygen atoms in total. The standard InChI is InChI=1S/C13H24N2/c1-2-7-12-13-8-4-3-6-11(15-13)10(5-1)9-14-12/h10-15H,1-9H2. The van der Waals surface area contributed by atoms with E-state index in [1.54, 1.807) is 0 Å². The molecule has 4 unspecified atom stereocenters. The molecule has 2 heteroatoms. The first kappa shape index (κ1) is 10.1. The summed E-state index contributed by atoms with van der Waals surface area (Å²) in [4.78, 5) is 0. The van der Waals surface area contributed by atoms with Crippen molar-refractivity contribution in [3.8, 4) is 0 Å². The minimum atomic E-state index is 0.774. The van der Waals surface area contributed by atoms with Crippen LogP contribution in [0.2, 0.25) is 0 Å². The summed E-state index contributed by atoms with van der Waals surface area (Å²) in [5, 5.41) is 7.78. The lowest BCUT2D eigenvalue weighted by Gasteiger charge is -2.26. The fraction of sp³-hybridized carbons (Fsp3) is 1.00. The third-order valence-corrected chi connectivity index (χ3v) is 4.75. The smallest absolute Gasteiger partial charge is 0.0223 e. The van der Waals surface area contributed by atoms with E-state index in [2.05, 4.69) is 10.6 Å². The molecule has 0 saturated carbocycles. The van der Waals surface area contributed by atoms with E-state index in [0.717, 1.165) is 24.0 Å².